The summed E-state index contributed by atoms with van der Waals surface area (Å²) in [5, 5.41) is 13.6. The molecule has 27 heavy (non-hydrogen) atoms. The molecule has 3 heterocycles. The number of aliphatic hydroxyl groups excluding tert-OH is 1. The lowest BCUT2D eigenvalue weighted by atomic mass is 10.2. The first-order valence-corrected chi connectivity index (χ1v) is 9.60. The van der Waals surface area contributed by atoms with Crippen molar-refractivity contribution in [3.8, 4) is 0 Å². The van der Waals surface area contributed by atoms with Gasteiger partial charge in [-0.3, -0.25) is 14.4 Å². The Balaban J connectivity index is 1.29. The van der Waals surface area contributed by atoms with E-state index >= 15 is 0 Å². The molecule has 2 aliphatic heterocycles. The fraction of sp³-hybridized carbons (Fsp3) is 0.500. The van der Waals surface area contributed by atoms with Gasteiger partial charge in [0.05, 0.1) is 37.6 Å². The maximum absolute atomic E-state index is 12.7. The number of aliphatic hydroxyl groups is 1. The van der Waals surface area contributed by atoms with Crippen molar-refractivity contribution >= 4 is 11.6 Å². The van der Waals surface area contributed by atoms with Crippen LogP contribution in [0.4, 0.5) is 5.69 Å². The molecule has 1 aromatic heterocycles. The Labute approximate surface area is 159 Å². The average Bonchev–Trinajstić information content (AvgIpc) is 3.11. The third kappa shape index (κ3) is 3.99. The SMILES string of the molecule is Cc1cccc(N2CCN(CC(=O)N3CCn4nc(CO)cc4C3)CC2)c1. The zero-order valence-corrected chi connectivity index (χ0v) is 15.8. The normalized spacial score (nSPS) is 17.9. The van der Waals surface area contributed by atoms with E-state index in [2.05, 4.69) is 46.1 Å². The molecule has 0 radical (unpaired) electrons. The van der Waals surface area contributed by atoms with Crippen molar-refractivity contribution in [2.75, 3.05) is 44.2 Å². The van der Waals surface area contributed by atoms with Gasteiger partial charge in [0.1, 0.15) is 0 Å². The molecule has 2 aliphatic rings. The number of aromatic nitrogens is 2. The van der Waals surface area contributed by atoms with Gasteiger partial charge in [0.15, 0.2) is 0 Å². The molecule has 1 saturated heterocycles. The molecule has 0 atom stereocenters. The summed E-state index contributed by atoms with van der Waals surface area (Å²) in [4.78, 5) is 19.3. The fourth-order valence-corrected chi connectivity index (χ4v) is 3.90. The largest absolute Gasteiger partial charge is 0.390 e. The van der Waals surface area contributed by atoms with Crippen molar-refractivity contribution in [2.45, 2.75) is 26.6 Å². The number of nitrogens with zero attached hydrogens (tertiary/aromatic N) is 5. The Morgan fingerprint density at radius 2 is 1.93 bits per heavy atom. The number of hydrogen-bond donors (Lipinski definition) is 1. The zero-order valence-electron chi connectivity index (χ0n) is 15.8. The van der Waals surface area contributed by atoms with Crippen LogP contribution < -0.4 is 4.90 Å². The van der Waals surface area contributed by atoms with E-state index in [1.165, 1.54) is 11.3 Å². The highest BCUT2D eigenvalue weighted by atomic mass is 16.3. The summed E-state index contributed by atoms with van der Waals surface area (Å²) in [5.41, 5.74) is 4.22. The summed E-state index contributed by atoms with van der Waals surface area (Å²) >= 11 is 0. The zero-order chi connectivity index (χ0) is 18.8. The van der Waals surface area contributed by atoms with E-state index in [4.69, 9.17) is 0 Å². The molecule has 0 aliphatic carbocycles. The quantitative estimate of drug-likeness (QED) is 0.866. The summed E-state index contributed by atoms with van der Waals surface area (Å²) in [6.07, 6.45) is 0. The molecule has 0 saturated carbocycles. The van der Waals surface area contributed by atoms with Crippen molar-refractivity contribution < 1.29 is 9.90 Å². The van der Waals surface area contributed by atoms with Crippen LogP contribution in [0.2, 0.25) is 0 Å². The van der Waals surface area contributed by atoms with Crippen molar-refractivity contribution in [2.24, 2.45) is 0 Å². The Bertz CT molecular complexity index is 810. The topological polar surface area (TPSA) is 64.8 Å². The minimum atomic E-state index is -0.0564. The molecule has 7 nitrogen and oxygen atoms in total. The maximum Gasteiger partial charge on any atom is 0.237 e. The number of carbonyl (C=O) groups is 1. The molecular formula is C20H27N5O2. The number of hydrogen-bond acceptors (Lipinski definition) is 5. The number of fused-ring (bicyclic) bond motifs is 1. The Kier molecular flexibility index (Phi) is 5.13. The second-order valence-corrected chi connectivity index (χ2v) is 7.43. The van der Waals surface area contributed by atoms with E-state index in [9.17, 15) is 9.90 Å². The van der Waals surface area contributed by atoms with Crippen molar-refractivity contribution in [3.63, 3.8) is 0 Å². The molecule has 0 spiro atoms. The highest BCUT2D eigenvalue weighted by molar-refractivity contribution is 5.78. The minimum absolute atomic E-state index is 0.0564. The van der Waals surface area contributed by atoms with Crippen LogP contribution in [-0.4, -0.2) is 69.9 Å². The van der Waals surface area contributed by atoms with Gasteiger partial charge >= 0.3 is 0 Å². The lowest BCUT2D eigenvalue weighted by molar-refractivity contribution is -0.134. The minimum Gasteiger partial charge on any atom is -0.390 e. The van der Waals surface area contributed by atoms with Crippen LogP contribution in [0, 0.1) is 6.92 Å². The summed E-state index contributed by atoms with van der Waals surface area (Å²) < 4.78 is 1.90. The number of rotatable bonds is 4. The fourth-order valence-electron chi connectivity index (χ4n) is 3.90. The van der Waals surface area contributed by atoms with Gasteiger partial charge in [-0.2, -0.15) is 5.10 Å². The lowest BCUT2D eigenvalue weighted by Crippen LogP contribution is -2.51. The Morgan fingerprint density at radius 1 is 1.11 bits per heavy atom. The van der Waals surface area contributed by atoms with Crippen LogP contribution in [-0.2, 0) is 24.5 Å². The van der Waals surface area contributed by atoms with E-state index in [1.807, 2.05) is 15.6 Å². The van der Waals surface area contributed by atoms with E-state index < -0.39 is 0 Å². The first-order valence-electron chi connectivity index (χ1n) is 9.60. The number of amides is 1. The number of aryl methyl sites for hydroxylation is 1. The highest BCUT2D eigenvalue weighted by Gasteiger charge is 2.25. The molecule has 1 aromatic carbocycles. The average molecular weight is 369 g/mol. The number of anilines is 1. The summed E-state index contributed by atoms with van der Waals surface area (Å²) in [5.74, 6) is 0.178. The van der Waals surface area contributed by atoms with Crippen LogP contribution in [0.1, 0.15) is 17.0 Å². The Morgan fingerprint density at radius 3 is 2.67 bits per heavy atom. The molecule has 2 aromatic rings. The van der Waals surface area contributed by atoms with Crippen LogP contribution >= 0.6 is 0 Å². The predicted octanol–water partition coefficient (Wildman–Crippen LogP) is 0.848. The number of carbonyl (C=O) groups excluding carboxylic acids is 1. The Hall–Kier alpha value is -2.38. The van der Waals surface area contributed by atoms with E-state index in [1.54, 1.807) is 0 Å². The standard InChI is InChI=1S/C20H27N5O2/c1-16-3-2-4-18(11-16)23-7-5-22(6-8-23)14-20(27)24-9-10-25-19(13-24)12-17(15-26)21-25/h2-4,11-12,26H,5-10,13-15H2,1H3. The van der Waals surface area contributed by atoms with Gasteiger partial charge < -0.3 is 14.9 Å². The van der Waals surface area contributed by atoms with Gasteiger partial charge in [-0.25, -0.2) is 0 Å². The molecule has 7 heteroatoms. The van der Waals surface area contributed by atoms with Gasteiger partial charge in [-0.1, -0.05) is 12.1 Å². The van der Waals surface area contributed by atoms with Crippen LogP contribution in [0.3, 0.4) is 0 Å². The molecule has 0 bridgehead atoms. The molecule has 144 valence electrons. The third-order valence-corrected chi connectivity index (χ3v) is 5.46. The van der Waals surface area contributed by atoms with Gasteiger partial charge in [0.25, 0.3) is 0 Å². The maximum atomic E-state index is 12.7. The molecule has 0 unspecified atom stereocenters. The van der Waals surface area contributed by atoms with Gasteiger partial charge in [-0.05, 0) is 30.7 Å². The monoisotopic (exact) mass is 369 g/mol. The lowest BCUT2D eigenvalue weighted by Gasteiger charge is -2.37. The molecule has 4 rings (SSSR count). The van der Waals surface area contributed by atoms with Crippen LogP contribution in [0.15, 0.2) is 30.3 Å². The highest BCUT2D eigenvalue weighted by Crippen LogP contribution is 2.18. The second kappa shape index (κ2) is 7.70. The molecule has 1 fully saturated rings. The number of piperazine rings is 1. The van der Waals surface area contributed by atoms with Gasteiger partial charge in [0, 0.05) is 38.4 Å². The van der Waals surface area contributed by atoms with Crippen molar-refractivity contribution in [3.05, 3.63) is 47.3 Å². The van der Waals surface area contributed by atoms with Crippen molar-refractivity contribution in [1.29, 1.82) is 0 Å². The summed E-state index contributed by atoms with van der Waals surface area (Å²) in [6, 6.07) is 10.5. The van der Waals surface area contributed by atoms with Crippen molar-refractivity contribution in [1.82, 2.24) is 19.6 Å². The second-order valence-electron chi connectivity index (χ2n) is 7.43. The smallest absolute Gasteiger partial charge is 0.237 e. The van der Waals surface area contributed by atoms with Gasteiger partial charge in [0.2, 0.25) is 5.91 Å². The van der Waals surface area contributed by atoms with Gasteiger partial charge in [-0.15, -0.1) is 0 Å². The summed E-state index contributed by atoms with van der Waals surface area (Å²) in [7, 11) is 0. The molecular weight excluding hydrogens is 342 g/mol. The van der Waals surface area contributed by atoms with E-state index in [-0.39, 0.29) is 12.5 Å². The molecule has 1 amide bonds. The third-order valence-electron chi connectivity index (χ3n) is 5.46. The predicted molar refractivity (Wildman–Crippen MR) is 103 cm³/mol. The van der Waals surface area contributed by atoms with E-state index in [0.29, 0.717) is 31.9 Å². The van der Waals surface area contributed by atoms with Crippen LogP contribution in [0.25, 0.3) is 0 Å². The van der Waals surface area contributed by atoms with Crippen LogP contribution in [0.5, 0.6) is 0 Å². The first-order chi connectivity index (χ1) is 13.1. The first kappa shape index (κ1) is 18.0. The summed E-state index contributed by atoms with van der Waals surface area (Å²) in [6.45, 7) is 8.19. The number of benzene rings is 1. The molecule has 1 N–H and O–H groups in total. The van der Waals surface area contributed by atoms with E-state index in [0.717, 1.165) is 31.9 Å².